The van der Waals surface area contributed by atoms with Gasteiger partial charge in [-0.3, -0.25) is 9.59 Å². The molecular formula is C25H25ClN2O5S. The zero-order valence-corrected chi connectivity index (χ0v) is 20.4. The number of benzene rings is 2. The van der Waals surface area contributed by atoms with E-state index in [-0.39, 0.29) is 29.7 Å². The first-order valence-electron chi connectivity index (χ1n) is 10.7. The van der Waals surface area contributed by atoms with Crippen molar-refractivity contribution in [1.29, 1.82) is 0 Å². The third-order valence-corrected chi connectivity index (χ3v) is 6.27. The minimum Gasteiger partial charge on any atom is -0.484 e. The van der Waals surface area contributed by atoms with Crippen LogP contribution in [0.4, 0.5) is 5.00 Å². The number of nitrogens with one attached hydrogen (secondary N) is 2. The molecule has 1 aromatic heterocycles. The summed E-state index contributed by atoms with van der Waals surface area (Å²) in [5.74, 6) is -0.917. The number of amides is 2. The summed E-state index contributed by atoms with van der Waals surface area (Å²) in [6.45, 7) is 3.68. The number of carbonyl (C=O) groups excluding carboxylic acids is 3. The molecular weight excluding hydrogens is 476 g/mol. The third-order valence-electron chi connectivity index (χ3n) is 4.81. The molecule has 0 spiro atoms. The molecule has 1 heterocycles. The van der Waals surface area contributed by atoms with Gasteiger partial charge in [0.2, 0.25) is 0 Å². The van der Waals surface area contributed by atoms with Gasteiger partial charge in [0.05, 0.1) is 17.0 Å². The van der Waals surface area contributed by atoms with Crippen LogP contribution in [-0.4, -0.2) is 37.5 Å². The summed E-state index contributed by atoms with van der Waals surface area (Å²) in [6, 6.07) is 16.4. The molecule has 34 heavy (non-hydrogen) atoms. The molecule has 0 radical (unpaired) electrons. The van der Waals surface area contributed by atoms with Crippen LogP contribution in [0.15, 0.2) is 54.6 Å². The fraction of sp³-hybridized carbons (Fsp3) is 0.240. The summed E-state index contributed by atoms with van der Waals surface area (Å²) in [4.78, 5) is 38.2. The Morgan fingerprint density at radius 3 is 2.41 bits per heavy atom. The summed E-state index contributed by atoms with van der Waals surface area (Å²) < 4.78 is 10.6. The first kappa shape index (κ1) is 25.3. The van der Waals surface area contributed by atoms with Crippen molar-refractivity contribution >= 4 is 45.7 Å². The molecule has 0 saturated heterocycles. The van der Waals surface area contributed by atoms with Crippen LogP contribution in [0.3, 0.4) is 0 Å². The molecule has 2 aromatic carbocycles. The fourth-order valence-corrected chi connectivity index (χ4v) is 4.41. The van der Waals surface area contributed by atoms with Gasteiger partial charge in [-0.2, -0.15) is 0 Å². The molecule has 0 aliphatic rings. The van der Waals surface area contributed by atoms with Gasteiger partial charge in [0, 0.05) is 11.6 Å². The second-order valence-corrected chi connectivity index (χ2v) is 8.72. The number of anilines is 1. The van der Waals surface area contributed by atoms with E-state index in [0.717, 1.165) is 16.9 Å². The molecule has 0 unspecified atom stereocenters. The standard InChI is InChI=1S/C25H25ClN2O5S/c1-3-32-25(31)21-16(2)22(23(30)27-14-13-17-7-5-4-6-8-17)34-24(21)28-20(29)15-33-19-11-9-18(26)10-12-19/h4-12H,3,13-15H2,1-2H3,(H,27,30)(H,28,29). The quantitative estimate of drug-likeness (QED) is 0.387. The van der Waals surface area contributed by atoms with Crippen molar-refractivity contribution in [3.8, 4) is 5.75 Å². The Balaban J connectivity index is 1.70. The maximum atomic E-state index is 12.8. The Labute approximate surface area is 207 Å². The molecule has 178 valence electrons. The lowest BCUT2D eigenvalue weighted by Crippen LogP contribution is -2.25. The smallest absolute Gasteiger partial charge is 0.341 e. The Bertz CT molecular complexity index is 1150. The van der Waals surface area contributed by atoms with Crippen LogP contribution in [0.1, 0.15) is 38.1 Å². The Morgan fingerprint density at radius 2 is 1.74 bits per heavy atom. The number of rotatable bonds is 10. The number of carbonyl (C=O) groups is 3. The lowest BCUT2D eigenvalue weighted by atomic mass is 10.1. The monoisotopic (exact) mass is 500 g/mol. The van der Waals surface area contributed by atoms with Crippen molar-refractivity contribution < 1.29 is 23.9 Å². The van der Waals surface area contributed by atoms with Gasteiger partial charge >= 0.3 is 5.97 Å². The SMILES string of the molecule is CCOC(=O)c1c(NC(=O)COc2ccc(Cl)cc2)sc(C(=O)NCCc2ccccc2)c1C. The second-order valence-electron chi connectivity index (χ2n) is 7.26. The van der Waals surface area contributed by atoms with Gasteiger partial charge < -0.3 is 20.1 Å². The van der Waals surface area contributed by atoms with Gasteiger partial charge in [-0.25, -0.2) is 4.79 Å². The molecule has 0 bridgehead atoms. The van der Waals surface area contributed by atoms with E-state index in [0.29, 0.717) is 34.2 Å². The highest BCUT2D eigenvalue weighted by Crippen LogP contribution is 2.34. The number of thiophene rings is 1. The van der Waals surface area contributed by atoms with Crippen LogP contribution in [0.5, 0.6) is 5.75 Å². The van der Waals surface area contributed by atoms with Gasteiger partial charge in [-0.05, 0) is 55.7 Å². The molecule has 2 amide bonds. The van der Waals surface area contributed by atoms with Gasteiger partial charge in [0.25, 0.3) is 11.8 Å². The van der Waals surface area contributed by atoms with E-state index in [4.69, 9.17) is 21.1 Å². The average Bonchev–Trinajstić information content (AvgIpc) is 3.15. The van der Waals surface area contributed by atoms with Crippen LogP contribution in [0, 0.1) is 6.92 Å². The van der Waals surface area contributed by atoms with Crippen molar-refractivity contribution in [3.63, 3.8) is 0 Å². The molecule has 0 aliphatic heterocycles. The van der Waals surface area contributed by atoms with Gasteiger partial charge in [0.15, 0.2) is 6.61 Å². The second kappa shape index (κ2) is 12.2. The summed E-state index contributed by atoms with van der Waals surface area (Å²) >= 11 is 6.88. The predicted octanol–water partition coefficient (Wildman–Crippen LogP) is 4.88. The molecule has 9 heteroatoms. The Kier molecular flexibility index (Phi) is 9.07. The van der Waals surface area contributed by atoms with Crippen molar-refractivity contribution in [2.24, 2.45) is 0 Å². The number of halogens is 1. The highest BCUT2D eigenvalue weighted by Gasteiger charge is 2.26. The highest BCUT2D eigenvalue weighted by molar-refractivity contribution is 7.18. The normalized spacial score (nSPS) is 10.4. The largest absolute Gasteiger partial charge is 0.484 e. The van der Waals surface area contributed by atoms with Crippen LogP contribution in [0.25, 0.3) is 0 Å². The van der Waals surface area contributed by atoms with Crippen molar-refractivity contribution in [2.75, 3.05) is 25.1 Å². The fourth-order valence-electron chi connectivity index (χ4n) is 3.15. The number of hydrogen-bond donors (Lipinski definition) is 2. The van der Waals surface area contributed by atoms with E-state index < -0.39 is 11.9 Å². The number of esters is 1. The van der Waals surface area contributed by atoms with Gasteiger partial charge in [0.1, 0.15) is 10.8 Å². The average molecular weight is 501 g/mol. The first-order chi connectivity index (χ1) is 16.4. The zero-order chi connectivity index (χ0) is 24.5. The third kappa shape index (κ3) is 6.82. The van der Waals surface area contributed by atoms with E-state index in [2.05, 4.69) is 10.6 Å². The molecule has 7 nitrogen and oxygen atoms in total. The molecule has 2 N–H and O–H groups in total. The molecule has 3 rings (SSSR count). The number of hydrogen-bond acceptors (Lipinski definition) is 6. The summed E-state index contributed by atoms with van der Waals surface area (Å²) in [7, 11) is 0. The number of ether oxygens (including phenoxy) is 2. The molecule has 0 atom stereocenters. The Hall–Kier alpha value is -3.36. The summed E-state index contributed by atoms with van der Waals surface area (Å²) in [5.41, 5.74) is 1.72. The minimum absolute atomic E-state index is 0.166. The van der Waals surface area contributed by atoms with Crippen molar-refractivity contribution in [1.82, 2.24) is 5.32 Å². The summed E-state index contributed by atoms with van der Waals surface area (Å²) in [6.07, 6.45) is 0.674. The summed E-state index contributed by atoms with van der Waals surface area (Å²) in [5, 5.41) is 6.35. The Morgan fingerprint density at radius 1 is 1.03 bits per heavy atom. The predicted molar refractivity (Wildman–Crippen MR) is 133 cm³/mol. The van der Waals surface area contributed by atoms with Crippen LogP contribution in [0.2, 0.25) is 5.02 Å². The molecule has 0 aliphatic carbocycles. The molecule has 0 saturated carbocycles. The topological polar surface area (TPSA) is 93.7 Å². The minimum atomic E-state index is -0.603. The van der Waals surface area contributed by atoms with Gasteiger partial charge in [-0.1, -0.05) is 41.9 Å². The van der Waals surface area contributed by atoms with Crippen LogP contribution >= 0.6 is 22.9 Å². The van der Waals surface area contributed by atoms with E-state index in [9.17, 15) is 14.4 Å². The zero-order valence-electron chi connectivity index (χ0n) is 18.9. The van der Waals surface area contributed by atoms with Crippen LogP contribution in [-0.2, 0) is 16.0 Å². The maximum Gasteiger partial charge on any atom is 0.341 e. The lowest BCUT2D eigenvalue weighted by Gasteiger charge is -2.08. The van der Waals surface area contributed by atoms with Gasteiger partial charge in [-0.15, -0.1) is 11.3 Å². The molecule has 3 aromatic rings. The molecule has 0 fully saturated rings. The van der Waals surface area contributed by atoms with E-state index >= 15 is 0 Å². The van der Waals surface area contributed by atoms with E-state index in [1.807, 2.05) is 30.3 Å². The first-order valence-corrected chi connectivity index (χ1v) is 11.9. The lowest BCUT2D eigenvalue weighted by molar-refractivity contribution is -0.118. The van der Waals surface area contributed by atoms with Crippen molar-refractivity contribution in [3.05, 3.63) is 81.2 Å². The highest BCUT2D eigenvalue weighted by atomic mass is 35.5. The van der Waals surface area contributed by atoms with Crippen LogP contribution < -0.4 is 15.4 Å². The van der Waals surface area contributed by atoms with E-state index in [1.165, 1.54) is 0 Å². The van der Waals surface area contributed by atoms with E-state index in [1.54, 1.807) is 38.1 Å². The van der Waals surface area contributed by atoms with Crippen molar-refractivity contribution in [2.45, 2.75) is 20.3 Å². The maximum absolute atomic E-state index is 12.8.